The van der Waals surface area contributed by atoms with Crippen molar-refractivity contribution in [3.8, 4) is 0 Å². The molecule has 12 heteroatoms. The molecule has 0 spiro atoms. The molecule has 2 amide bonds. The van der Waals surface area contributed by atoms with E-state index in [0.717, 1.165) is 16.6 Å². The third-order valence-electron chi connectivity index (χ3n) is 4.94. The third kappa shape index (κ3) is 8.22. The number of carbonyl (C=O) groups excluding carboxylic acids is 2. The zero-order valence-corrected chi connectivity index (χ0v) is 21.8. The van der Waals surface area contributed by atoms with Crippen LogP contribution in [0.5, 0.6) is 0 Å². The number of hydrogen-bond donors (Lipinski definition) is 1. The molecule has 0 aliphatic heterocycles. The van der Waals surface area contributed by atoms with Gasteiger partial charge in [0.2, 0.25) is 21.8 Å². The van der Waals surface area contributed by atoms with Crippen molar-refractivity contribution in [1.29, 1.82) is 0 Å². The minimum atomic E-state index is -4.00. The van der Waals surface area contributed by atoms with Crippen LogP contribution in [0.15, 0.2) is 48.5 Å². The Hall–Kier alpha value is -3.18. The number of nitrogens with one attached hydrogen (secondary N) is 1. The summed E-state index contributed by atoms with van der Waals surface area (Å²) < 4.78 is 25.9. The van der Waals surface area contributed by atoms with Crippen LogP contribution in [0.1, 0.15) is 33.3 Å². The van der Waals surface area contributed by atoms with Crippen molar-refractivity contribution < 1.29 is 22.9 Å². The third-order valence-corrected chi connectivity index (χ3v) is 6.33. The number of carbonyl (C=O) groups is 2. The lowest BCUT2D eigenvalue weighted by Gasteiger charge is -2.33. The quantitative estimate of drug-likeness (QED) is 0.395. The van der Waals surface area contributed by atoms with Crippen LogP contribution in [0, 0.1) is 10.1 Å². The Morgan fingerprint density at radius 2 is 1.74 bits per heavy atom. The van der Waals surface area contributed by atoms with Crippen LogP contribution in [0.25, 0.3) is 0 Å². The molecule has 0 saturated heterocycles. The first-order chi connectivity index (χ1) is 16.1. The van der Waals surface area contributed by atoms with Crippen LogP contribution < -0.4 is 9.62 Å². The van der Waals surface area contributed by atoms with E-state index in [9.17, 15) is 28.1 Å². The number of amides is 2. The van der Waals surface area contributed by atoms with E-state index in [-0.39, 0.29) is 17.9 Å². The minimum absolute atomic E-state index is 0.0151. The molecule has 0 aromatic heterocycles. The van der Waals surface area contributed by atoms with Crippen molar-refractivity contribution in [2.24, 2.45) is 0 Å². The van der Waals surface area contributed by atoms with E-state index >= 15 is 0 Å². The predicted octanol–water partition coefficient (Wildman–Crippen LogP) is 3.35. The van der Waals surface area contributed by atoms with E-state index in [2.05, 4.69) is 5.32 Å². The first-order valence-corrected chi connectivity index (χ1v) is 12.9. The molecule has 0 fully saturated rings. The van der Waals surface area contributed by atoms with Crippen molar-refractivity contribution in [3.63, 3.8) is 0 Å². The number of nitro benzene ring substituents is 1. The average molecular weight is 525 g/mol. The summed E-state index contributed by atoms with van der Waals surface area (Å²) in [7, 11) is -4.00. The van der Waals surface area contributed by atoms with Gasteiger partial charge in [-0.15, -0.1) is 0 Å². The Morgan fingerprint density at radius 3 is 2.26 bits per heavy atom. The summed E-state index contributed by atoms with van der Waals surface area (Å²) in [6, 6.07) is 10.7. The van der Waals surface area contributed by atoms with Gasteiger partial charge in [-0.3, -0.25) is 24.0 Å². The SMILES string of the molecule is C[C@@H](C(=O)NC(C)(C)C)N(Cc1ccc(Cl)cc1)C(=O)CN(c1cccc([N+](=O)[O-])c1)S(C)(=O)=O. The van der Waals surface area contributed by atoms with Gasteiger partial charge in [0.15, 0.2) is 0 Å². The van der Waals surface area contributed by atoms with Crippen LogP contribution >= 0.6 is 11.6 Å². The summed E-state index contributed by atoms with van der Waals surface area (Å²) in [4.78, 5) is 38.1. The molecular weight excluding hydrogens is 496 g/mol. The molecule has 0 heterocycles. The molecule has 0 bridgehead atoms. The molecule has 2 rings (SSSR count). The number of nitrogens with zero attached hydrogens (tertiary/aromatic N) is 3. The number of benzene rings is 2. The van der Waals surface area contributed by atoms with Crippen molar-refractivity contribution in [1.82, 2.24) is 10.2 Å². The number of halogens is 1. The fourth-order valence-electron chi connectivity index (χ4n) is 3.22. The Bertz CT molecular complexity index is 1200. The number of anilines is 1. The van der Waals surface area contributed by atoms with E-state index in [1.165, 1.54) is 23.1 Å². The lowest BCUT2D eigenvalue weighted by molar-refractivity contribution is -0.384. The summed E-state index contributed by atoms with van der Waals surface area (Å²) >= 11 is 5.95. The molecule has 2 aromatic carbocycles. The fraction of sp³-hybridized carbons (Fsp3) is 0.391. The monoisotopic (exact) mass is 524 g/mol. The standard InChI is InChI=1S/C23H29ClN4O6S/c1-16(22(30)25-23(2,3)4)26(14-17-9-11-18(24)12-10-17)21(29)15-27(35(5,33)34)19-7-6-8-20(13-19)28(31)32/h6-13,16H,14-15H2,1-5H3,(H,25,30)/t16-/m0/s1. The Kier molecular flexibility index (Phi) is 8.85. The summed E-state index contributed by atoms with van der Waals surface area (Å²) in [5.74, 6) is -1.07. The highest BCUT2D eigenvalue weighted by atomic mass is 35.5. The topological polar surface area (TPSA) is 130 Å². The summed E-state index contributed by atoms with van der Waals surface area (Å²) in [5, 5.41) is 14.5. The van der Waals surface area contributed by atoms with Crippen LogP contribution in [0.3, 0.4) is 0 Å². The lowest BCUT2D eigenvalue weighted by Crippen LogP contribution is -2.54. The molecule has 0 unspecified atom stereocenters. The van der Waals surface area contributed by atoms with Crippen LogP contribution in [-0.2, 0) is 26.2 Å². The molecule has 1 atom stereocenters. The second-order valence-corrected chi connectivity index (χ2v) is 11.5. The maximum Gasteiger partial charge on any atom is 0.271 e. The molecular formula is C23H29ClN4O6S. The molecule has 0 radical (unpaired) electrons. The van der Waals surface area contributed by atoms with Gasteiger partial charge in [-0.05, 0) is 51.5 Å². The predicted molar refractivity (Wildman–Crippen MR) is 135 cm³/mol. The van der Waals surface area contributed by atoms with Gasteiger partial charge in [0.25, 0.3) is 5.69 Å². The molecule has 35 heavy (non-hydrogen) atoms. The van der Waals surface area contributed by atoms with E-state index < -0.39 is 44.9 Å². The van der Waals surface area contributed by atoms with E-state index in [1.54, 1.807) is 52.0 Å². The van der Waals surface area contributed by atoms with Gasteiger partial charge in [-0.2, -0.15) is 0 Å². The summed E-state index contributed by atoms with van der Waals surface area (Å²) in [6.07, 6.45) is 0.901. The lowest BCUT2D eigenvalue weighted by atomic mass is 10.1. The van der Waals surface area contributed by atoms with Crippen LogP contribution in [-0.4, -0.2) is 54.4 Å². The highest BCUT2D eigenvalue weighted by molar-refractivity contribution is 7.92. The van der Waals surface area contributed by atoms with Crippen LogP contribution in [0.4, 0.5) is 11.4 Å². The molecule has 2 aromatic rings. The first kappa shape index (κ1) is 28.1. The normalized spacial score (nSPS) is 12.5. The highest BCUT2D eigenvalue weighted by Gasteiger charge is 2.31. The number of nitro groups is 1. The van der Waals surface area contributed by atoms with Crippen molar-refractivity contribution in [2.75, 3.05) is 17.1 Å². The molecule has 190 valence electrons. The minimum Gasteiger partial charge on any atom is -0.350 e. The first-order valence-electron chi connectivity index (χ1n) is 10.7. The smallest absolute Gasteiger partial charge is 0.271 e. The zero-order valence-electron chi connectivity index (χ0n) is 20.2. The molecule has 0 saturated carbocycles. The molecule has 0 aliphatic carbocycles. The number of non-ortho nitro benzene ring substituents is 1. The molecule has 0 aliphatic rings. The number of sulfonamides is 1. The van der Waals surface area contributed by atoms with Gasteiger partial charge in [0.05, 0.1) is 16.9 Å². The second kappa shape index (κ2) is 11.0. The summed E-state index contributed by atoms with van der Waals surface area (Å²) in [6.45, 7) is 6.32. The Morgan fingerprint density at radius 1 is 1.14 bits per heavy atom. The Balaban J connectivity index is 2.43. The fourth-order valence-corrected chi connectivity index (χ4v) is 4.19. The zero-order chi connectivity index (χ0) is 26.6. The van der Waals surface area contributed by atoms with Gasteiger partial charge >= 0.3 is 0 Å². The number of hydrogen-bond acceptors (Lipinski definition) is 6. The van der Waals surface area contributed by atoms with Crippen molar-refractivity contribution in [3.05, 3.63) is 69.2 Å². The largest absolute Gasteiger partial charge is 0.350 e. The molecule has 1 N–H and O–H groups in total. The summed E-state index contributed by atoms with van der Waals surface area (Å²) in [5.41, 5.74) is -0.227. The van der Waals surface area contributed by atoms with Gasteiger partial charge in [0.1, 0.15) is 12.6 Å². The molecule has 10 nitrogen and oxygen atoms in total. The Labute approximate surface area is 210 Å². The second-order valence-electron chi connectivity index (χ2n) is 9.11. The highest BCUT2D eigenvalue weighted by Crippen LogP contribution is 2.24. The van der Waals surface area contributed by atoms with Gasteiger partial charge in [0, 0.05) is 29.2 Å². The number of rotatable bonds is 9. The van der Waals surface area contributed by atoms with Gasteiger partial charge in [-0.1, -0.05) is 29.8 Å². The van der Waals surface area contributed by atoms with Crippen molar-refractivity contribution >= 4 is 44.8 Å². The van der Waals surface area contributed by atoms with Crippen molar-refractivity contribution in [2.45, 2.75) is 45.8 Å². The maximum absolute atomic E-state index is 13.5. The van der Waals surface area contributed by atoms with E-state index in [0.29, 0.717) is 10.6 Å². The van der Waals surface area contributed by atoms with E-state index in [4.69, 9.17) is 11.6 Å². The van der Waals surface area contributed by atoms with E-state index in [1.807, 2.05) is 0 Å². The van der Waals surface area contributed by atoms with Gasteiger partial charge in [-0.25, -0.2) is 8.42 Å². The van der Waals surface area contributed by atoms with Gasteiger partial charge < -0.3 is 10.2 Å². The van der Waals surface area contributed by atoms with Crippen LogP contribution in [0.2, 0.25) is 5.02 Å². The average Bonchev–Trinajstić information content (AvgIpc) is 2.74. The maximum atomic E-state index is 13.5.